The summed E-state index contributed by atoms with van der Waals surface area (Å²) in [5.41, 5.74) is 1.92. The van der Waals surface area contributed by atoms with Crippen LogP contribution < -0.4 is 0 Å². The molecule has 0 radical (unpaired) electrons. The molecule has 0 saturated carbocycles. The summed E-state index contributed by atoms with van der Waals surface area (Å²) in [7, 11) is 3.54. The molecule has 0 aromatic heterocycles. The minimum atomic E-state index is -0.467. The van der Waals surface area contributed by atoms with Crippen molar-refractivity contribution in [1.82, 2.24) is 9.80 Å². The van der Waals surface area contributed by atoms with Crippen LogP contribution in [-0.2, 0) is 22.6 Å². The third-order valence-electron chi connectivity index (χ3n) is 4.12. The molecule has 0 N–H and O–H groups in total. The SMILES string of the molecule is CO[C@H]1CCN(Cc2ccc(CN(C)C(=O)OC(C)(C)C)cc2)C1. The summed E-state index contributed by atoms with van der Waals surface area (Å²) in [6.45, 7) is 9.20. The first-order valence-electron chi connectivity index (χ1n) is 8.54. The lowest BCUT2D eigenvalue weighted by Crippen LogP contribution is -2.33. The predicted octanol–water partition coefficient (Wildman–Crippen LogP) is 3.27. The number of hydrogen-bond acceptors (Lipinski definition) is 4. The van der Waals surface area contributed by atoms with E-state index in [1.165, 1.54) is 5.56 Å². The Balaban J connectivity index is 1.84. The van der Waals surface area contributed by atoms with Gasteiger partial charge >= 0.3 is 6.09 Å². The Bertz CT molecular complexity index is 537. The molecule has 1 heterocycles. The Labute approximate surface area is 145 Å². The van der Waals surface area contributed by atoms with Gasteiger partial charge in [-0.15, -0.1) is 0 Å². The Morgan fingerprint density at radius 2 is 1.88 bits per heavy atom. The third-order valence-corrected chi connectivity index (χ3v) is 4.12. The molecule has 134 valence electrons. The minimum absolute atomic E-state index is 0.297. The topological polar surface area (TPSA) is 42.0 Å². The average molecular weight is 334 g/mol. The van der Waals surface area contributed by atoms with Gasteiger partial charge in [0.05, 0.1) is 6.10 Å². The van der Waals surface area contributed by atoms with E-state index in [9.17, 15) is 4.79 Å². The van der Waals surface area contributed by atoms with E-state index in [1.54, 1.807) is 19.1 Å². The highest BCUT2D eigenvalue weighted by Gasteiger charge is 2.22. The van der Waals surface area contributed by atoms with Crippen LogP contribution in [0.2, 0.25) is 0 Å². The molecule has 0 bridgehead atoms. The van der Waals surface area contributed by atoms with Crippen LogP contribution in [0.15, 0.2) is 24.3 Å². The van der Waals surface area contributed by atoms with Gasteiger partial charge in [0.1, 0.15) is 5.60 Å². The number of methoxy groups -OCH3 is 1. The number of likely N-dealkylation sites (tertiary alicyclic amines) is 1. The molecule has 5 nitrogen and oxygen atoms in total. The van der Waals surface area contributed by atoms with E-state index in [4.69, 9.17) is 9.47 Å². The van der Waals surface area contributed by atoms with Gasteiger partial charge in [-0.1, -0.05) is 24.3 Å². The second-order valence-corrected chi connectivity index (χ2v) is 7.53. The maximum atomic E-state index is 12.0. The monoisotopic (exact) mass is 334 g/mol. The molecule has 1 atom stereocenters. The van der Waals surface area contributed by atoms with Crippen molar-refractivity contribution in [2.75, 3.05) is 27.2 Å². The highest BCUT2D eigenvalue weighted by molar-refractivity contribution is 5.67. The minimum Gasteiger partial charge on any atom is -0.444 e. The lowest BCUT2D eigenvalue weighted by atomic mass is 10.1. The first-order valence-corrected chi connectivity index (χ1v) is 8.54. The molecule has 0 aliphatic carbocycles. The van der Waals surface area contributed by atoms with Crippen LogP contribution in [0.25, 0.3) is 0 Å². The first-order chi connectivity index (χ1) is 11.3. The van der Waals surface area contributed by atoms with Crippen molar-refractivity contribution in [2.24, 2.45) is 0 Å². The normalized spacial score (nSPS) is 18.6. The fourth-order valence-corrected chi connectivity index (χ4v) is 2.82. The van der Waals surface area contributed by atoms with Gasteiger partial charge in [0.2, 0.25) is 0 Å². The van der Waals surface area contributed by atoms with E-state index in [-0.39, 0.29) is 6.09 Å². The standard InChI is InChI=1S/C19H30N2O3/c1-19(2,3)24-18(22)20(4)12-15-6-8-16(9-7-15)13-21-11-10-17(14-21)23-5/h6-9,17H,10-14H2,1-5H3/t17-/m0/s1. The molecular formula is C19H30N2O3. The zero-order valence-electron chi connectivity index (χ0n) is 15.5. The van der Waals surface area contributed by atoms with Crippen LogP contribution in [0.4, 0.5) is 4.79 Å². The lowest BCUT2D eigenvalue weighted by molar-refractivity contribution is 0.0285. The molecule has 1 aliphatic heterocycles. The van der Waals surface area contributed by atoms with E-state index in [1.807, 2.05) is 20.8 Å². The predicted molar refractivity (Wildman–Crippen MR) is 94.8 cm³/mol. The van der Waals surface area contributed by atoms with Crippen LogP contribution in [0.1, 0.15) is 38.3 Å². The summed E-state index contributed by atoms with van der Waals surface area (Å²) in [4.78, 5) is 16.0. The van der Waals surface area contributed by atoms with E-state index >= 15 is 0 Å². The highest BCUT2D eigenvalue weighted by atomic mass is 16.6. The van der Waals surface area contributed by atoms with Crippen molar-refractivity contribution < 1.29 is 14.3 Å². The molecule has 24 heavy (non-hydrogen) atoms. The maximum Gasteiger partial charge on any atom is 0.410 e. The van der Waals surface area contributed by atoms with Gasteiger partial charge in [-0.3, -0.25) is 4.90 Å². The lowest BCUT2D eigenvalue weighted by Gasteiger charge is -2.24. The number of hydrogen-bond donors (Lipinski definition) is 0. The second kappa shape index (κ2) is 7.99. The quantitative estimate of drug-likeness (QED) is 0.829. The zero-order valence-corrected chi connectivity index (χ0v) is 15.5. The van der Waals surface area contributed by atoms with Gasteiger partial charge in [-0.25, -0.2) is 4.79 Å². The molecule has 2 rings (SSSR count). The van der Waals surface area contributed by atoms with Crippen molar-refractivity contribution in [2.45, 2.75) is 52.0 Å². The summed E-state index contributed by atoms with van der Waals surface area (Å²) < 4.78 is 10.8. The summed E-state index contributed by atoms with van der Waals surface area (Å²) in [6, 6.07) is 8.44. The number of carbonyl (C=O) groups is 1. The molecule has 0 unspecified atom stereocenters. The Morgan fingerprint density at radius 1 is 1.25 bits per heavy atom. The summed E-state index contributed by atoms with van der Waals surface area (Å²) in [5.74, 6) is 0. The Hall–Kier alpha value is -1.59. The number of benzene rings is 1. The summed E-state index contributed by atoms with van der Waals surface area (Å²) in [5, 5.41) is 0. The molecule has 1 aromatic rings. The van der Waals surface area contributed by atoms with Crippen LogP contribution in [0.5, 0.6) is 0 Å². The van der Waals surface area contributed by atoms with Crippen molar-refractivity contribution in [3.63, 3.8) is 0 Å². The summed E-state index contributed by atoms with van der Waals surface area (Å²) in [6.07, 6.45) is 1.18. The van der Waals surface area contributed by atoms with Gasteiger partial charge in [0.25, 0.3) is 0 Å². The van der Waals surface area contributed by atoms with Crippen LogP contribution >= 0.6 is 0 Å². The van der Waals surface area contributed by atoms with Crippen LogP contribution in [-0.4, -0.2) is 54.8 Å². The number of carbonyl (C=O) groups excluding carboxylic acids is 1. The summed E-state index contributed by atoms with van der Waals surface area (Å²) >= 11 is 0. The molecule has 1 aromatic carbocycles. The molecule has 1 fully saturated rings. The van der Waals surface area contributed by atoms with E-state index in [0.29, 0.717) is 12.6 Å². The molecule has 1 aliphatic rings. The number of nitrogens with zero attached hydrogens (tertiary/aromatic N) is 2. The van der Waals surface area contributed by atoms with Crippen molar-refractivity contribution in [1.29, 1.82) is 0 Å². The largest absolute Gasteiger partial charge is 0.444 e. The number of ether oxygens (including phenoxy) is 2. The van der Waals surface area contributed by atoms with Gasteiger partial charge < -0.3 is 14.4 Å². The smallest absolute Gasteiger partial charge is 0.410 e. The maximum absolute atomic E-state index is 12.0. The molecular weight excluding hydrogens is 304 g/mol. The van der Waals surface area contributed by atoms with Gasteiger partial charge in [-0.05, 0) is 38.3 Å². The van der Waals surface area contributed by atoms with Crippen LogP contribution in [0, 0.1) is 0 Å². The van der Waals surface area contributed by atoms with Crippen molar-refractivity contribution in [3.8, 4) is 0 Å². The van der Waals surface area contributed by atoms with Crippen LogP contribution in [0.3, 0.4) is 0 Å². The second-order valence-electron chi connectivity index (χ2n) is 7.53. The Kier molecular flexibility index (Phi) is 6.24. The molecule has 1 saturated heterocycles. The van der Waals surface area contributed by atoms with E-state index < -0.39 is 5.60 Å². The fraction of sp³-hybridized carbons (Fsp3) is 0.632. The first kappa shape index (κ1) is 18.7. The third kappa shape index (κ3) is 5.80. The molecule has 5 heteroatoms. The van der Waals surface area contributed by atoms with Gasteiger partial charge in [-0.2, -0.15) is 0 Å². The Morgan fingerprint density at radius 3 is 2.42 bits per heavy atom. The van der Waals surface area contributed by atoms with E-state index in [0.717, 1.165) is 31.6 Å². The van der Waals surface area contributed by atoms with Crippen molar-refractivity contribution in [3.05, 3.63) is 35.4 Å². The fourth-order valence-electron chi connectivity index (χ4n) is 2.82. The van der Waals surface area contributed by atoms with Crippen molar-refractivity contribution >= 4 is 6.09 Å². The van der Waals surface area contributed by atoms with Gasteiger partial charge in [0.15, 0.2) is 0 Å². The number of rotatable bonds is 5. The highest BCUT2D eigenvalue weighted by Crippen LogP contribution is 2.16. The van der Waals surface area contributed by atoms with Gasteiger partial charge in [0, 0.05) is 40.3 Å². The molecule has 1 amide bonds. The average Bonchev–Trinajstić information content (AvgIpc) is 2.95. The number of amides is 1. The van der Waals surface area contributed by atoms with E-state index in [2.05, 4.69) is 29.2 Å². The molecule has 0 spiro atoms. The zero-order chi connectivity index (χ0) is 17.7.